The average Bonchev–Trinajstić information content (AvgIpc) is 3.01. The zero-order chi connectivity index (χ0) is 33.7. The summed E-state index contributed by atoms with van der Waals surface area (Å²) in [5.74, 6) is 0.671. The highest BCUT2D eigenvalue weighted by molar-refractivity contribution is 6.30. The Hall–Kier alpha value is -3.71. The van der Waals surface area contributed by atoms with Gasteiger partial charge in [0.05, 0.1) is 12.3 Å². The maximum atomic E-state index is 13.7. The van der Waals surface area contributed by atoms with Crippen molar-refractivity contribution in [3.8, 4) is 11.5 Å². The Morgan fingerprint density at radius 3 is 2.11 bits per heavy atom. The van der Waals surface area contributed by atoms with Crippen LogP contribution in [0.2, 0.25) is 5.02 Å². The third-order valence-corrected chi connectivity index (χ3v) is 7.90. The molecule has 0 unspecified atom stereocenters. The SMILES string of the molecule is CCCCCCCN(C(=O)NCc1ccc(OC(C)(C)C(=O)OCC)cc1)c1ccc(Cl)cc1OCc1ccc(C(C)(C)C)cc1. The van der Waals surface area contributed by atoms with Gasteiger partial charge in [-0.1, -0.05) is 101 Å². The van der Waals surface area contributed by atoms with Crippen LogP contribution in [0, 0.1) is 0 Å². The van der Waals surface area contributed by atoms with Crippen molar-refractivity contribution in [2.24, 2.45) is 0 Å². The maximum absolute atomic E-state index is 13.7. The van der Waals surface area contributed by atoms with Gasteiger partial charge in [-0.25, -0.2) is 9.59 Å². The first-order chi connectivity index (χ1) is 21.8. The van der Waals surface area contributed by atoms with Crippen molar-refractivity contribution in [3.63, 3.8) is 0 Å². The van der Waals surface area contributed by atoms with Gasteiger partial charge in [-0.2, -0.15) is 0 Å². The van der Waals surface area contributed by atoms with Crippen LogP contribution in [-0.2, 0) is 28.1 Å². The molecule has 0 atom stereocenters. The van der Waals surface area contributed by atoms with Crippen LogP contribution in [0.4, 0.5) is 10.5 Å². The van der Waals surface area contributed by atoms with Gasteiger partial charge in [-0.15, -0.1) is 0 Å². The summed E-state index contributed by atoms with van der Waals surface area (Å²) in [5.41, 5.74) is 2.82. The minimum Gasteiger partial charge on any atom is -0.487 e. The molecule has 3 aromatic carbocycles. The third-order valence-electron chi connectivity index (χ3n) is 7.66. The number of rotatable bonds is 16. The van der Waals surface area contributed by atoms with Gasteiger partial charge in [-0.05, 0) is 73.6 Å². The zero-order valence-corrected chi connectivity index (χ0v) is 29.3. The molecule has 0 aliphatic rings. The quantitative estimate of drug-likeness (QED) is 0.123. The second-order valence-corrected chi connectivity index (χ2v) is 13.5. The molecule has 46 heavy (non-hydrogen) atoms. The number of nitrogens with zero attached hydrogens (tertiary/aromatic N) is 1. The van der Waals surface area contributed by atoms with E-state index in [0.29, 0.717) is 41.9 Å². The number of halogens is 1. The normalized spacial score (nSPS) is 11.6. The third kappa shape index (κ3) is 11.3. The Balaban J connectivity index is 1.74. The molecule has 0 spiro atoms. The number of esters is 1. The molecular formula is C38H51ClN2O5. The van der Waals surface area contributed by atoms with Gasteiger partial charge in [0.2, 0.25) is 0 Å². The first kappa shape index (κ1) is 36.8. The number of carbonyl (C=O) groups excluding carboxylic acids is 2. The standard InChI is InChI=1S/C38H51ClN2O5/c1-8-10-11-12-13-24-41(36(43)40-26-28-16-21-32(22-17-28)46-38(6,7)35(42)44-9-2)33-23-20-31(39)25-34(33)45-27-29-14-18-30(19-15-29)37(3,4)5/h14-23,25H,8-13,24,26-27H2,1-7H3,(H,40,43). The number of benzene rings is 3. The van der Waals surface area contributed by atoms with E-state index in [2.05, 4.69) is 57.3 Å². The van der Waals surface area contributed by atoms with Crippen molar-refractivity contribution in [2.75, 3.05) is 18.1 Å². The number of carbonyl (C=O) groups is 2. The number of amides is 2. The molecule has 7 nitrogen and oxygen atoms in total. The molecule has 0 bridgehead atoms. The zero-order valence-electron chi connectivity index (χ0n) is 28.6. The number of nitrogens with one attached hydrogen (secondary N) is 1. The van der Waals surface area contributed by atoms with E-state index in [4.69, 9.17) is 25.8 Å². The van der Waals surface area contributed by atoms with Crippen LogP contribution >= 0.6 is 11.6 Å². The van der Waals surface area contributed by atoms with Crippen molar-refractivity contribution in [3.05, 3.63) is 88.4 Å². The summed E-state index contributed by atoms with van der Waals surface area (Å²) in [6, 6.07) is 20.9. The minimum absolute atomic E-state index is 0.0708. The van der Waals surface area contributed by atoms with Crippen LogP contribution in [0.3, 0.4) is 0 Å². The van der Waals surface area contributed by atoms with Crippen molar-refractivity contribution in [1.82, 2.24) is 5.32 Å². The maximum Gasteiger partial charge on any atom is 0.349 e. The van der Waals surface area contributed by atoms with Crippen LogP contribution in [0.25, 0.3) is 0 Å². The molecule has 3 rings (SSSR count). The first-order valence-corrected chi connectivity index (χ1v) is 16.7. The van der Waals surface area contributed by atoms with Crippen molar-refractivity contribution in [1.29, 1.82) is 0 Å². The Kier molecular flexibility index (Phi) is 13.8. The van der Waals surface area contributed by atoms with E-state index in [9.17, 15) is 9.59 Å². The molecular weight excluding hydrogens is 600 g/mol. The number of unbranched alkanes of at least 4 members (excludes halogenated alkanes) is 4. The summed E-state index contributed by atoms with van der Waals surface area (Å²) >= 11 is 6.41. The van der Waals surface area contributed by atoms with E-state index >= 15 is 0 Å². The molecule has 250 valence electrons. The van der Waals surface area contributed by atoms with Gasteiger partial charge in [-0.3, -0.25) is 4.90 Å². The molecule has 0 aliphatic heterocycles. The second kappa shape index (κ2) is 17.3. The van der Waals surface area contributed by atoms with Gasteiger partial charge in [0, 0.05) is 24.2 Å². The molecule has 1 N–H and O–H groups in total. The van der Waals surface area contributed by atoms with E-state index in [-0.39, 0.29) is 18.1 Å². The first-order valence-electron chi connectivity index (χ1n) is 16.4. The lowest BCUT2D eigenvalue weighted by molar-refractivity contribution is -0.158. The highest BCUT2D eigenvalue weighted by Crippen LogP contribution is 2.33. The fraction of sp³-hybridized carbons (Fsp3) is 0.474. The van der Waals surface area contributed by atoms with E-state index in [1.807, 2.05) is 18.2 Å². The van der Waals surface area contributed by atoms with Crippen LogP contribution < -0.4 is 19.7 Å². The summed E-state index contributed by atoms with van der Waals surface area (Å²) in [6.07, 6.45) is 5.35. The molecule has 8 heteroatoms. The monoisotopic (exact) mass is 650 g/mol. The summed E-state index contributed by atoms with van der Waals surface area (Å²) in [4.78, 5) is 27.7. The van der Waals surface area contributed by atoms with Gasteiger partial charge in [0.1, 0.15) is 18.1 Å². The molecule has 0 radical (unpaired) electrons. The Bertz CT molecular complexity index is 1400. The highest BCUT2D eigenvalue weighted by atomic mass is 35.5. The molecule has 0 aromatic heterocycles. The van der Waals surface area contributed by atoms with Gasteiger partial charge in [0.25, 0.3) is 0 Å². The van der Waals surface area contributed by atoms with Gasteiger partial charge in [0.15, 0.2) is 5.60 Å². The molecule has 0 aliphatic carbocycles. The van der Waals surface area contributed by atoms with Crippen LogP contribution in [0.15, 0.2) is 66.7 Å². The van der Waals surface area contributed by atoms with E-state index in [0.717, 1.165) is 36.8 Å². The van der Waals surface area contributed by atoms with E-state index in [1.54, 1.807) is 49.9 Å². The van der Waals surface area contributed by atoms with Crippen molar-refractivity contribution >= 4 is 29.3 Å². The predicted octanol–water partition coefficient (Wildman–Crippen LogP) is 9.62. The fourth-order valence-electron chi connectivity index (χ4n) is 4.88. The Morgan fingerprint density at radius 2 is 1.48 bits per heavy atom. The van der Waals surface area contributed by atoms with Crippen LogP contribution in [0.5, 0.6) is 11.5 Å². The molecule has 0 saturated heterocycles. The number of hydrogen-bond acceptors (Lipinski definition) is 5. The molecule has 2 amide bonds. The predicted molar refractivity (Wildman–Crippen MR) is 187 cm³/mol. The average molecular weight is 651 g/mol. The van der Waals surface area contributed by atoms with Gasteiger partial charge >= 0.3 is 12.0 Å². The Labute approximate surface area is 280 Å². The summed E-state index contributed by atoms with van der Waals surface area (Å²) in [7, 11) is 0. The second-order valence-electron chi connectivity index (χ2n) is 13.0. The minimum atomic E-state index is -1.11. The lowest BCUT2D eigenvalue weighted by atomic mass is 9.87. The largest absolute Gasteiger partial charge is 0.487 e. The van der Waals surface area contributed by atoms with Crippen molar-refractivity contribution < 1.29 is 23.8 Å². The summed E-state index contributed by atoms with van der Waals surface area (Å²) in [5, 5.41) is 3.61. The summed E-state index contributed by atoms with van der Waals surface area (Å²) in [6.45, 7) is 15.4. The number of urea groups is 1. The fourth-order valence-corrected chi connectivity index (χ4v) is 5.05. The lowest BCUT2D eigenvalue weighted by Gasteiger charge is -2.26. The van der Waals surface area contributed by atoms with Crippen LogP contribution in [-0.4, -0.2) is 30.8 Å². The van der Waals surface area contributed by atoms with E-state index in [1.165, 1.54) is 12.0 Å². The van der Waals surface area contributed by atoms with Crippen molar-refractivity contribution in [2.45, 2.75) is 105 Å². The molecule has 0 saturated carbocycles. The number of hydrogen-bond donors (Lipinski definition) is 1. The molecule has 0 heterocycles. The number of ether oxygens (including phenoxy) is 3. The molecule has 0 fully saturated rings. The lowest BCUT2D eigenvalue weighted by Crippen LogP contribution is -2.40. The molecule has 3 aromatic rings. The highest BCUT2D eigenvalue weighted by Gasteiger charge is 2.31. The smallest absolute Gasteiger partial charge is 0.349 e. The van der Waals surface area contributed by atoms with Gasteiger partial charge < -0.3 is 19.5 Å². The topological polar surface area (TPSA) is 77.1 Å². The van der Waals surface area contributed by atoms with E-state index < -0.39 is 11.6 Å². The number of anilines is 1. The Morgan fingerprint density at radius 1 is 0.826 bits per heavy atom. The summed E-state index contributed by atoms with van der Waals surface area (Å²) < 4.78 is 17.3. The van der Waals surface area contributed by atoms with Crippen LogP contribution in [0.1, 0.15) is 97.3 Å².